The molecule has 5 heteroatoms. The summed E-state index contributed by atoms with van der Waals surface area (Å²) in [5.74, 6) is 1.38. The number of piperidine rings is 1. The molecule has 1 N–H and O–H groups in total. The van der Waals surface area contributed by atoms with E-state index in [1.807, 2.05) is 0 Å². The summed E-state index contributed by atoms with van der Waals surface area (Å²) in [7, 11) is 0. The number of hydrogen-bond acceptors (Lipinski definition) is 5. The van der Waals surface area contributed by atoms with Crippen molar-refractivity contribution >= 4 is 0 Å². The van der Waals surface area contributed by atoms with Gasteiger partial charge < -0.3 is 14.5 Å². The Kier molecular flexibility index (Phi) is 2.88. The van der Waals surface area contributed by atoms with E-state index in [0.29, 0.717) is 5.89 Å². The molecule has 1 aromatic heterocycles. The molecule has 2 atom stereocenters. The van der Waals surface area contributed by atoms with Gasteiger partial charge in [-0.05, 0) is 32.2 Å². The molecule has 88 valence electrons. The maximum atomic E-state index is 5.70. The Bertz CT molecular complexity index is 341. The minimum atomic E-state index is 0.0323. The van der Waals surface area contributed by atoms with Crippen molar-refractivity contribution in [3.63, 3.8) is 0 Å². The fourth-order valence-corrected chi connectivity index (χ4v) is 2.35. The summed E-state index contributed by atoms with van der Waals surface area (Å²) < 4.78 is 11.2. The molecule has 2 saturated heterocycles. The third-order valence-electron chi connectivity index (χ3n) is 3.27. The predicted molar refractivity (Wildman–Crippen MR) is 56.8 cm³/mol. The highest BCUT2D eigenvalue weighted by atomic mass is 16.5. The maximum Gasteiger partial charge on any atom is 0.245 e. The monoisotopic (exact) mass is 223 g/mol. The third kappa shape index (κ3) is 1.97. The highest BCUT2D eigenvalue weighted by Gasteiger charge is 2.26. The van der Waals surface area contributed by atoms with E-state index in [-0.39, 0.29) is 12.1 Å². The fourth-order valence-electron chi connectivity index (χ4n) is 2.35. The number of nitrogens with zero attached hydrogens (tertiary/aromatic N) is 2. The number of ether oxygens (including phenoxy) is 1. The zero-order valence-corrected chi connectivity index (χ0v) is 9.32. The first-order chi connectivity index (χ1) is 7.93. The van der Waals surface area contributed by atoms with Crippen molar-refractivity contribution < 1.29 is 9.15 Å². The molecule has 0 aliphatic carbocycles. The number of hydrogen-bond donors (Lipinski definition) is 1. The Morgan fingerprint density at radius 3 is 2.75 bits per heavy atom. The van der Waals surface area contributed by atoms with Crippen LogP contribution in [-0.4, -0.2) is 23.3 Å². The lowest BCUT2D eigenvalue weighted by molar-refractivity contribution is 0.0871. The summed E-state index contributed by atoms with van der Waals surface area (Å²) in [5.41, 5.74) is 0. The quantitative estimate of drug-likeness (QED) is 0.827. The molecule has 0 saturated carbocycles. The van der Waals surface area contributed by atoms with Crippen molar-refractivity contribution in [2.45, 2.75) is 44.2 Å². The highest BCUT2D eigenvalue weighted by Crippen LogP contribution is 2.29. The van der Waals surface area contributed by atoms with Crippen LogP contribution in [0.3, 0.4) is 0 Å². The first-order valence-corrected chi connectivity index (χ1v) is 6.12. The lowest BCUT2D eigenvalue weighted by atomic mass is 10.1. The summed E-state index contributed by atoms with van der Waals surface area (Å²) in [4.78, 5) is 0. The van der Waals surface area contributed by atoms with E-state index in [2.05, 4.69) is 15.5 Å². The average Bonchev–Trinajstić information content (AvgIpc) is 3.01. The maximum absolute atomic E-state index is 5.70. The standard InChI is InChI=1S/C11H17N3O2/c1-2-6-12-8(4-1)10-13-14-11(16-10)9-5-3-7-15-9/h8-9,12H,1-7H2/t8?,9-/m1/s1. The molecule has 1 unspecified atom stereocenters. The van der Waals surface area contributed by atoms with Gasteiger partial charge in [0.1, 0.15) is 6.10 Å². The van der Waals surface area contributed by atoms with E-state index in [4.69, 9.17) is 9.15 Å². The van der Waals surface area contributed by atoms with Gasteiger partial charge in [-0.15, -0.1) is 10.2 Å². The Morgan fingerprint density at radius 1 is 1.06 bits per heavy atom. The van der Waals surface area contributed by atoms with Gasteiger partial charge in [0.05, 0.1) is 6.04 Å². The Balaban J connectivity index is 1.71. The third-order valence-corrected chi connectivity index (χ3v) is 3.27. The van der Waals surface area contributed by atoms with E-state index >= 15 is 0 Å². The van der Waals surface area contributed by atoms with Crippen LogP contribution in [0.25, 0.3) is 0 Å². The molecule has 0 amide bonds. The van der Waals surface area contributed by atoms with Crippen LogP contribution in [0.4, 0.5) is 0 Å². The molecule has 0 aromatic carbocycles. The normalized spacial score (nSPS) is 30.8. The Hall–Kier alpha value is -0.940. The zero-order chi connectivity index (χ0) is 10.8. The van der Waals surface area contributed by atoms with Crippen LogP contribution in [0.2, 0.25) is 0 Å². The summed E-state index contributed by atoms with van der Waals surface area (Å²) in [5, 5.41) is 11.6. The van der Waals surface area contributed by atoms with Crippen molar-refractivity contribution in [1.29, 1.82) is 0 Å². The molecule has 16 heavy (non-hydrogen) atoms. The fraction of sp³-hybridized carbons (Fsp3) is 0.818. The van der Waals surface area contributed by atoms with Gasteiger partial charge in [0.25, 0.3) is 0 Å². The number of nitrogens with one attached hydrogen (secondary N) is 1. The average molecular weight is 223 g/mol. The van der Waals surface area contributed by atoms with Gasteiger partial charge in [0, 0.05) is 6.61 Å². The lowest BCUT2D eigenvalue weighted by Crippen LogP contribution is -2.26. The summed E-state index contributed by atoms with van der Waals surface area (Å²) in [6.45, 7) is 1.85. The minimum Gasteiger partial charge on any atom is -0.421 e. The largest absolute Gasteiger partial charge is 0.421 e. The molecular weight excluding hydrogens is 206 g/mol. The number of aromatic nitrogens is 2. The molecule has 2 aliphatic heterocycles. The van der Waals surface area contributed by atoms with Crippen LogP contribution in [0.5, 0.6) is 0 Å². The molecule has 0 spiro atoms. The molecule has 2 fully saturated rings. The molecule has 0 radical (unpaired) electrons. The van der Waals surface area contributed by atoms with Crippen molar-refractivity contribution in [1.82, 2.24) is 15.5 Å². The molecule has 3 rings (SSSR count). The summed E-state index contributed by atoms with van der Waals surface area (Å²) in [6.07, 6.45) is 5.68. The van der Waals surface area contributed by atoms with Gasteiger partial charge in [0.2, 0.25) is 11.8 Å². The van der Waals surface area contributed by atoms with Crippen molar-refractivity contribution in [3.8, 4) is 0 Å². The summed E-state index contributed by atoms with van der Waals surface area (Å²) in [6, 6.07) is 0.247. The minimum absolute atomic E-state index is 0.0323. The van der Waals surface area contributed by atoms with Crippen LogP contribution < -0.4 is 5.32 Å². The van der Waals surface area contributed by atoms with E-state index in [1.165, 1.54) is 12.8 Å². The molecule has 0 bridgehead atoms. The van der Waals surface area contributed by atoms with Crippen molar-refractivity contribution in [2.75, 3.05) is 13.2 Å². The van der Waals surface area contributed by atoms with Gasteiger partial charge in [-0.1, -0.05) is 6.42 Å². The molecular formula is C11H17N3O2. The number of rotatable bonds is 2. The van der Waals surface area contributed by atoms with Gasteiger partial charge in [-0.25, -0.2) is 0 Å². The predicted octanol–water partition coefficient (Wildman–Crippen LogP) is 1.74. The zero-order valence-electron chi connectivity index (χ0n) is 9.32. The lowest BCUT2D eigenvalue weighted by Gasteiger charge is -2.19. The van der Waals surface area contributed by atoms with E-state index in [9.17, 15) is 0 Å². The second-order valence-electron chi connectivity index (χ2n) is 4.48. The van der Waals surface area contributed by atoms with Crippen molar-refractivity contribution in [3.05, 3.63) is 11.8 Å². The van der Waals surface area contributed by atoms with Crippen LogP contribution in [0, 0.1) is 0 Å². The smallest absolute Gasteiger partial charge is 0.245 e. The van der Waals surface area contributed by atoms with Crippen LogP contribution in [0.1, 0.15) is 56.0 Å². The van der Waals surface area contributed by atoms with Crippen molar-refractivity contribution in [2.24, 2.45) is 0 Å². The molecule has 1 aromatic rings. The van der Waals surface area contributed by atoms with Gasteiger partial charge in [-0.2, -0.15) is 0 Å². The Labute approximate surface area is 94.6 Å². The van der Waals surface area contributed by atoms with Crippen LogP contribution in [-0.2, 0) is 4.74 Å². The van der Waals surface area contributed by atoms with E-state index < -0.39 is 0 Å². The summed E-state index contributed by atoms with van der Waals surface area (Å²) >= 11 is 0. The molecule has 2 aliphatic rings. The second-order valence-corrected chi connectivity index (χ2v) is 4.48. The molecule has 5 nitrogen and oxygen atoms in total. The van der Waals surface area contributed by atoms with Gasteiger partial charge >= 0.3 is 0 Å². The Morgan fingerprint density at radius 2 is 2.00 bits per heavy atom. The van der Waals surface area contributed by atoms with Gasteiger partial charge in [0.15, 0.2) is 0 Å². The van der Waals surface area contributed by atoms with Crippen LogP contribution >= 0.6 is 0 Å². The first-order valence-electron chi connectivity index (χ1n) is 6.12. The second kappa shape index (κ2) is 4.51. The SMILES string of the molecule is C1CCC(c2nnc([C@H]3CCCO3)o2)NC1. The van der Waals surface area contributed by atoms with Gasteiger partial charge in [-0.3, -0.25) is 0 Å². The highest BCUT2D eigenvalue weighted by molar-refractivity contribution is 4.94. The molecule has 3 heterocycles. The first kappa shape index (κ1) is 10.2. The van der Waals surface area contributed by atoms with E-state index in [1.54, 1.807) is 0 Å². The van der Waals surface area contributed by atoms with Crippen LogP contribution in [0.15, 0.2) is 4.42 Å². The topological polar surface area (TPSA) is 60.2 Å². The van der Waals surface area contributed by atoms with E-state index in [0.717, 1.165) is 38.3 Å².